The Morgan fingerprint density at radius 2 is 2.07 bits per heavy atom. The Morgan fingerprint density at radius 1 is 1.41 bits per heavy atom. The fourth-order valence-corrected chi connectivity index (χ4v) is 4.92. The van der Waals surface area contributed by atoms with Crippen LogP contribution in [0.25, 0.3) is 0 Å². The van der Waals surface area contributed by atoms with Crippen molar-refractivity contribution in [2.45, 2.75) is 50.8 Å². The quantitative estimate of drug-likeness (QED) is 0.316. The van der Waals surface area contributed by atoms with E-state index in [4.69, 9.17) is 14.2 Å². The van der Waals surface area contributed by atoms with Gasteiger partial charge in [0.1, 0.15) is 23.9 Å². The Morgan fingerprint density at radius 3 is 2.67 bits per heavy atom. The summed E-state index contributed by atoms with van der Waals surface area (Å²) in [5.74, 6) is -2.67. The minimum absolute atomic E-state index is 0.167. The minimum atomic E-state index is -1.21. The van der Waals surface area contributed by atoms with Crippen molar-refractivity contribution in [1.82, 2.24) is 0 Å². The molecule has 0 bridgehead atoms. The van der Waals surface area contributed by atoms with Crippen LogP contribution in [0.5, 0.6) is 0 Å². The lowest BCUT2D eigenvalue weighted by Gasteiger charge is -2.32. The van der Waals surface area contributed by atoms with Crippen LogP contribution in [0.3, 0.4) is 0 Å². The molecular weight excluding hydrogens is 352 g/mol. The van der Waals surface area contributed by atoms with Gasteiger partial charge in [-0.1, -0.05) is 24.3 Å². The summed E-state index contributed by atoms with van der Waals surface area (Å²) in [5, 5.41) is 21.8. The van der Waals surface area contributed by atoms with E-state index in [0.29, 0.717) is 5.57 Å². The van der Waals surface area contributed by atoms with Gasteiger partial charge in [-0.15, -0.1) is 0 Å². The molecule has 3 fully saturated rings. The molecule has 0 amide bonds. The van der Waals surface area contributed by atoms with E-state index in [1.165, 1.54) is 0 Å². The van der Waals surface area contributed by atoms with E-state index in [1.807, 2.05) is 6.92 Å². The maximum Gasteiger partial charge on any atom is 0.334 e. The number of allylic oxidation sites excluding steroid dienone is 1. The third-order valence-electron chi connectivity index (χ3n) is 6.54. The summed E-state index contributed by atoms with van der Waals surface area (Å²) >= 11 is 0. The number of ether oxygens (including phenoxy) is 3. The molecule has 146 valence electrons. The van der Waals surface area contributed by atoms with Crippen molar-refractivity contribution in [3.8, 4) is 0 Å². The third kappa shape index (κ3) is 2.45. The van der Waals surface area contributed by atoms with Gasteiger partial charge in [-0.3, -0.25) is 0 Å². The summed E-state index contributed by atoms with van der Waals surface area (Å²) < 4.78 is 16.9. The van der Waals surface area contributed by atoms with Gasteiger partial charge < -0.3 is 24.4 Å². The fourth-order valence-electron chi connectivity index (χ4n) is 4.92. The van der Waals surface area contributed by atoms with Crippen LogP contribution < -0.4 is 0 Å². The third-order valence-corrected chi connectivity index (χ3v) is 6.54. The van der Waals surface area contributed by atoms with Crippen LogP contribution in [0.2, 0.25) is 0 Å². The molecule has 2 heterocycles. The van der Waals surface area contributed by atoms with Gasteiger partial charge in [-0.25, -0.2) is 9.59 Å². The average Bonchev–Trinajstić information content (AvgIpc) is 3.31. The van der Waals surface area contributed by atoms with Gasteiger partial charge in [0.25, 0.3) is 0 Å². The Balaban J connectivity index is 1.80. The molecule has 1 spiro atoms. The zero-order valence-electron chi connectivity index (χ0n) is 15.5. The van der Waals surface area contributed by atoms with E-state index < -0.39 is 53.8 Å². The zero-order valence-corrected chi connectivity index (χ0v) is 15.5. The van der Waals surface area contributed by atoms with Crippen LogP contribution in [-0.2, 0) is 23.8 Å². The summed E-state index contributed by atoms with van der Waals surface area (Å²) in [6, 6.07) is 0. The number of epoxide rings is 1. The van der Waals surface area contributed by atoms with Crippen LogP contribution in [0.4, 0.5) is 0 Å². The molecule has 4 aliphatic rings. The van der Waals surface area contributed by atoms with Crippen molar-refractivity contribution in [3.63, 3.8) is 0 Å². The van der Waals surface area contributed by atoms with Crippen LogP contribution in [0.1, 0.15) is 20.8 Å². The maximum atomic E-state index is 12.4. The number of hydrogen-bond donors (Lipinski definition) is 2. The number of fused-ring (bicyclic) bond motifs is 4. The molecule has 4 rings (SSSR count). The predicted octanol–water partition coefficient (Wildman–Crippen LogP) is 0.659. The number of aliphatic hydroxyl groups excluding tert-OH is 2. The molecule has 0 unspecified atom stereocenters. The number of carbonyl (C=O) groups is 2. The van der Waals surface area contributed by atoms with Crippen LogP contribution >= 0.6 is 0 Å². The highest BCUT2D eigenvalue weighted by Gasteiger charge is 2.71. The lowest BCUT2D eigenvalue weighted by Crippen LogP contribution is -2.50. The van der Waals surface area contributed by atoms with E-state index in [-0.39, 0.29) is 18.1 Å². The lowest BCUT2D eigenvalue weighted by atomic mass is 9.77. The largest absolute Gasteiger partial charge is 0.458 e. The Bertz CT molecular complexity index is 775. The molecule has 7 heteroatoms. The first-order valence-corrected chi connectivity index (χ1v) is 9.15. The van der Waals surface area contributed by atoms with E-state index >= 15 is 0 Å². The van der Waals surface area contributed by atoms with Crippen molar-refractivity contribution < 1.29 is 34.0 Å². The van der Waals surface area contributed by atoms with E-state index in [2.05, 4.69) is 6.58 Å². The number of carbonyl (C=O) groups excluding carboxylic acids is 2. The van der Waals surface area contributed by atoms with E-state index in [0.717, 1.165) is 5.57 Å². The zero-order chi connectivity index (χ0) is 19.7. The van der Waals surface area contributed by atoms with Gasteiger partial charge in [-0.05, 0) is 20.8 Å². The summed E-state index contributed by atoms with van der Waals surface area (Å²) in [7, 11) is 0. The molecule has 0 aromatic heterocycles. The Hall–Kier alpha value is -1.96. The summed E-state index contributed by atoms with van der Waals surface area (Å²) in [6.07, 6.45) is -0.452. The van der Waals surface area contributed by atoms with Crippen molar-refractivity contribution in [1.29, 1.82) is 0 Å². The highest BCUT2D eigenvalue weighted by Crippen LogP contribution is 2.58. The van der Waals surface area contributed by atoms with Gasteiger partial charge in [0.15, 0.2) is 0 Å². The molecule has 8 atom stereocenters. The van der Waals surface area contributed by atoms with Crippen LogP contribution in [0, 0.1) is 17.8 Å². The molecular formula is C20H24O7. The standard InChI is InChI=1S/C20H24O7/c1-5-8(2)18(23)27-16-13-10(4)19(24)26-15(13)12-9(3)6-11(21)14(12)20(7-25-20)17(16)22/h5-6,11-17,21-22H,4,7H2,1-3H3/b8-5+/t11-,12-,13+,14+,15+,16-,17-,20-/m0/s1. The van der Waals surface area contributed by atoms with Crippen molar-refractivity contribution in [2.75, 3.05) is 6.61 Å². The second-order valence-corrected chi connectivity index (χ2v) is 7.90. The molecule has 2 N–H and O–H groups in total. The summed E-state index contributed by atoms with van der Waals surface area (Å²) in [4.78, 5) is 24.7. The molecule has 0 radical (unpaired) electrons. The molecule has 2 aliphatic heterocycles. The second kappa shape index (κ2) is 6.02. The van der Waals surface area contributed by atoms with Gasteiger partial charge in [0.2, 0.25) is 0 Å². The number of aliphatic hydroxyl groups is 2. The molecule has 27 heavy (non-hydrogen) atoms. The molecule has 1 saturated carbocycles. The monoisotopic (exact) mass is 376 g/mol. The van der Waals surface area contributed by atoms with Gasteiger partial charge in [0.05, 0.1) is 18.6 Å². The molecule has 2 saturated heterocycles. The van der Waals surface area contributed by atoms with Crippen LogP contribution in [-0.4, -0.2) is 58.8 Å². The first kappa shape index (κ1) is 18.4. The first-order valence-electron chi connectivity index (χ1n) is 9.15. The number of esters is 2. The maximum absolute atomic E-state index is 12.4. The SMILES string of the molecule is C=C1C(=O)O[C@H]2[C@@H]1[C@H](OC(=O)/C(C)=C/C)[C@H](O)[C@]1(CO1)[C@H]1[C@@H]2C(C)=C[C@@H]1O. The Labute approximate surface area is 157 Å². The number of rotatable bonds is 2. The summed E-state index contributed by atoms with van der Waals surface area (Å²) in [6.45, 7) is 9.26. The number of hydrogen-bond acceptors (Lipinski definition) is 7. The molecule has 0 aromatic rings. The first-order chi connectivity index (χ1) is 12.7. The molecule has 0 aromatic carbocycles. The smallest absolute Gasteiger partial charge is 0.334 e. The van der Waals surface area contributed by atoms with Crippen molar-refractivity contribution in [2.24, 2.45) is 17.8 Å². The Kier molecular flexibility index (Phi) is 4.10. The van der Waals surface area contributed by atoms with E-state index in [1.54, 1.807) is 26.0 Å². The lowest BCUT2D eigenvalue weighted by molar-refractivity contribution is -0.158. The summed E-state index contributed by atoms with van der Waals surface area (Å²) in [5.41, 5.74) is 0.384. The minimum Gasteiger partial charge on any atom is -0.458 e. The molecule has 7 nitrogen and oxygen atoms in total. The van der Waals surface area contributed by atoms with Gasteiger partial charge >= 0.3 is 11.9 Å². The topological polar surface area (TPSA) is 106 Å². The van der Waals surface area contributed by atoms with Gasteiger partial charge in [-0.2, -0.15) is 0 Å². The normalized spacial score (nSPS) is 45.7. The highest BCUT2D eigenvalue weighted by atomic mass is 16.6. The molecule has 2 aliphatic carbocycles. The van der Waals surface area contributed by atoms with Gasteiger partial charge in [0, 0.05) is 23.0 Å². The second-order valence-electron chi connectivity index (χ2n) is 7.90. The van der Waals surface area contributed by atoms with Crippen molar-refractivity contribution in [3.05, 3.63) is 35.5 Å². The highest BCUT2D eigenvalue weighted by molar-refractivity contribution is 5.92. The van der Waals surface area contributed by atoms with Crippen LogP contribution in [0.15, 0.2) is 35.5 Å². The fraction of sp³-hybridized carbons (Fsp3) is 0.600. The average molecular weight is 376 g/mol. The predicted molar refractivity (Wildman–Crippen MR) is 93.3 cm³/mol. The van der Waals surface area contributed by atoms with E-state index in [9.17, 15) is 19.8 Å². The van der Waals surface area contributed by atoms with Crippen molar-refractivity contribution >= 4 is 11.9 Å².